The molecule has 0 amide bonds. The number of nitrogens with zero attached hydrogens (tertiary/aromatic N) is 1. The lowest BCUT2D eigenvalue weighted by Gasteiger charge is -2.14. The van der Waals surface area contributed by atoms with Crippen LogP contribution in [-0.2, 0) is 0 Å². The Morgan fingerprint density at radius 3 is 2.32 bits per heavy atom. The maximum atomic E-state index is 11.9. The molecule has 2 aromatic rings. The Balaban J connectivity index is 2.87. The van der Waals surface area contributed by atoms with Gasteiger partial charge in [-0.15, -0.1) is 0 Å². The topological polar surface area (TPSA) is 30.0 Å². The lowest BCUT2D eigenvalue weighted by atomic mass is 9.94. The summed E-state index contributed by atoms with van der Waals surface area (Å²) >= 11 is 0. The highest BCUT2D eigenvalue weighted by Crippen LogP contribution is 2.28. The van der Waals surface area contributed by atoms with E-state index in [9.17, 15) is 4.79 Å². The Morgan fingerprint density at radius 1 is 1.11 bits per heavy atom. The maximum Gasteiger partial charge on any atom is 0.160 e. The van der Waals surface area contributed by atoms with Gasteiger partial charge in [0.05, 0.1) is 5.52 Å². The molecule has 0 unspecified atom stereocenters. The summed E-state index contributed by atoms with van der Waals surface area (Å²) in [6, 6.07) is 8.06. The molecular weight excluding hydrogens is 234 g/mol. The van der Waals surface area contributed by atoms with Crippen LogP contribution in [-0.4, -0.2) is 10.8 Å². The molecule has 0 fully saturated rings. The van der Waals surface area contributed by atoms with Gasteiger partial charge in [-0.2, -0.15) is 0 Å². The largest absolute Gasteiger partial charge is 0.294 e. The second-order valence-corrected chi connectivity index (χ2v) is 5.70. The first kappa shape index (κ1) is 13.7. The fraction of sp³-hybridized carbons (Fsp3) is 0.412. The monoisotopic (exact) mass is 255 g/mol. The van der Waals surface area contributed by atoms with Crippen molar-refractivity contribution < 1.29 is 4.79 Å². The Kier molecular flexibility index (Phi) is 3.70. The van der Waals surface area contributed by atoms with Gasteiger partial charge in [-0.05, 0) is 30.4 Å². The maximum absolute atomic E-state index is 11.9. The van der Waals surface area contributed by atoms with Gasteiger partial charge in [-0.1, -0.05) is 45.9 Å². The minimum absolute atomic E-state index is 0.107. The quantitative estimate of drug-likeness (QED) is 0.745. The van der Waals surface area contributed by atoms with E-state index >= 15 is 0 Å². The van der Waals surface area contributed by atoms with Crippen molar-refractivity contribution in [1.82, 2.24) is 4.98 Å². The molecule has 0 bridgehead atoms. The molecule has 1 aromatic carbocycles. The van der Waals surface area contributed by atoms with Gasteiger partial charge in [0.1, 0.15) is 0 Å². The van der Waals surface area contributed by atoms with E-state index in [0.29, 0.717) is 11.8 Å². The number of carbonyl (C=O) groups excluding carboxylic acids is 1. The zero-order chi connectivity index (χ0) is 14.2. The SMILES string of the molecule is CC(=O)c1cc(C(C)C)nc2c(C(C)C)cccc12. The molecule has 2 rings (SSSR count). The van der Waals surface area contributed by atoms with Crippen LogP contribution >= 0.6 is 0 Å². The molecule has 0 saturated heterocycles. The summed E-state index contributed by atoms with van der Waals surface area (Å²) in [5.41, 5.74) is 3.97. The molecule has 0 saturated carbocycles. The zero-order valence-electron chi connectivity index (χ0n) is 12.3. The van der Waals surface area contributed by atoms with E-state index in [4.69, 9.17) is 4.98 Å². The molecule has 0 N–H and O–H groups in total. The van der Waals surface area contributed by atoms with Crippen molar-refractivity contribution in [2.45, 2.75) is 46.5 Å². The van der Waals surface area contributed by atoms with Gasteiger partial charge in [-0.25, -0.2) is 0 Å². The first-order valence-corrected chi connectivity index (χ1v) is 6.86. The molecule has 1 aromatic heterocycles. The number of pyridine rings is 1. The summed E-state index contributed by atoms with van der Waals surface area (Å²) < 4.78 is 0. The van der Waals surface area contributed by atoms with Gasteiger partial charge in [0.15, 0.2) is 5.78 Å². The van der Waals surface area contributed by atoms with E-state index in [1.54, 1.807) is 6.92 Å². The fourth-order valence-electron chi connectivity index (χ4n) is 2.34. The van der Waals surface area contributed by atoms with Crippen LogP contribution in [0.2, 0.25) is 0 Å². The molecule has 0 spiro atoms. The lowest BCUT2D eigenvalue weighted by Crippen LogP contribution is -2.03. The van der Waals surface area contributed by atoms with Gasteiger partial charge in [0.25, 0.3) is 0 Å². The summed E-state index contributed by atoms with van der Waals surface area (Å²) in [7, 11) is 0. The van der Waals surface area contributed by atoms with Crippen molar-refractivity contribution in [2.24, 2.45) is 0 Å². The number of rotatable bonds is 3. The molecule has 1 heterocycles. The molecular formula is C17H21NO. The predicted molar refractivity (Wildman–Crippen MR) is 79.9 cm³/mol. The Bertz CT molecular complexity index is 626. The van der Waals surface area contributed by atoms with Gasteiger partial charge in [0, 0.05) is 16.6 Å². The molecule has 19 heavy (non-hydrogen) atoms. The molecule has 0 aliphatic carbocycles. The average Bonchev–Trinajstić information content (AvgIpc) is 2.36. The fourth-order valence-corrected chi connectivity index (χ4v) is 2.34. The van der Waals surface area contributed by atoms with Crippen LogP contribution in [0.5, 0.6) is 0 Å². The van der Waals surface area contributed by atoms with E-state index in [1.807, 2.05) is 18.2 Å². The van der Waals surface area contributed by atoms with Crippen LogP contribution in [0.1, 0.15) is 68.1 Å². The van der Waals surface area contributed by atoms with Crippen molar-refractivity contribution in [3.63, 3.8) is 0 Å². The number of para-hydroxylation sites is 1. The number of hydrogen-bond acceptors (Lipinski definition) is 2. The zero-order valence-corrected chi connectivity index (χ0v) is 12.3. The summed E-state index contributed by atoms with van der Waals surface area (Å²) in [6.45, 7) is 10.2. The molecule has 0 atom stereocenters. The predicted octanol–water partition coefficient (Wildman–Crippen LogP) is 4.68. The molecule has 0 aliphatic heterocycles. The van der Waals surface area contributed by atoms with Crippen molar-refractivity contribution in [3.8, 4) is 0 Å². The van der Waals surface area contributed by atoms with Crippen LogP contribution in [0.15, 0.2) is 24.3 Å². The highest BCUT2D eigenvalue weighted by atomic mass is 16.1. The second kappa shape index (κ2) is 5.12. The van der Waals surface area contributed by atoms with Gasteiger partial charge >= 0.3 is 0 Å². The average molecular weight is 255 g/mol. The number of aromatic nitrogens is 1. The van der Waals surface area contributed by atoms with Crippen LogP contribution in [0.3, 0.4) is 0 Å². The normalized spacial score (nSPS) is 11.5. The Hall–Kier alpha value is -1.70. The number of benzene rings is 1. The minimum atomic E-state index is 0.107. The number of hydrogen-bond donors (Lipinski definition) is 0. The van der Waals surface area contributed by atoms with Crippen LogP contribution in [0.25, 0.3) is 10.9 Å². The summed E-state index contributed by atoms with van der Waals surface area (Å²) in [4.78, 5) is 16.7. The molecule has 2 heteroatoms. The van der Waals surface area contributed by atoms with Crippen LogP contribution < -0.4 is 0 Å². The van der Waals surface area contributed by atoms with E-state index in [1.165, 1.54) is 5.56 Å². The van der Waals surface area contributed by atoms with E-state index in [0.717, 1.165) is 22.2 Å². The minimum Gasteiger partial charge on any atom is -0.294 e. The highest BCUT2D eigenvalue weighted by Gasteiger charge is 2.14. The molecule has 2 nitrogen and oxygen atoms in total. The van der Waals surface area contributed by atoms with Gasteiger partial charge in [-0.3, -0.25) is 9.78 Å². The van der Waals surface area contributed by atoms with Crippen molar-refractivity contribution in [1.29, 1.82) is 0 Å². The van der Waals surface area contributed by atoms with Gasteiger partial charge in [0.2, 0.25) is 0 Å². The van der Waals surface area contributed by atoms with E-state index in [2.05, 4.69) is 33.8 Å². The van der Waals surface area contributed by atoms with E-state index < -0.39 is 0 Å². The van der Waals surface area contributed by atoms with Crippen LogP contribution in [0, 0.1) is 0 Å². The first-order valence-electron chi connectivity index (χ1n) is 6.86. The Morgan fingerprint density at radius 2 is 1.79 bits per heavy atom. The van der Waals surface area contributed by atoms with Crippen molar-refractivity contribution >= 4 is 16.7 Å². The first-order chi connectivity index (χ1) is 8.91. The van der Waals surface area contributed by atoms with Crippen molar-refractivity contribution in [3.05, 3.63) is 41.1 Å². The molecule has 0 radical (unpaired) electrons. The smallest absolute Gasteiger partial charge is 0.160 e. The third-order valence-electron chi connectivity index (χ3n) is 3.48. The Labute approximate surface area is 114 Å². The summed E-state index contributed by atoms with van der Waals surface area (Å²) in [6.07, 6.45) is 0. The summed E-state index contributed by atoms with van der Waals surface area (Å²) in [5, 5.41) is 0.975. The number of Topliss-reactive ketones (excluding diaryl/α,β-unsaturated/α-hetero) is 1. The standard InChI is InChI=1S/C17H21NO/c1-10(2)13-7-6-8-14-15(12(5)19)9-16(11(3)4)18-17(13)14/h6-11H,1-5H3. The third kappa shape index (κ3) is 2.53. The van der Waals surface area contributed by atoms with Crippen molar-refractivity contribution in [2.75, 3.05) is 0 Å². The molecule has 100 valence electrons. The number of ketones is 1. The van der Waals surface area contributed by atoms with Crippen LogP contribution in [0.4, 0.5) is 0 Å². The van der Waals surface area contributed by atoms with E-state index in [-0.39, 0.29) is 5.78 Å². The third-order valence-corrected chi connectivity index (χ3v) is 3.48. The summed E-state index contributed by atoms with van der Waals surface area (Å²) in [5.74, 6) is 0.830. The number of fused-ring (bicyclic) bond motifs is 1. The lowest BCUT2D eigenvalue weighted by molar-refractivity contribution is 0.101. The second-order valence-electron chi connectivity index (χ2n) is 5.70. The van der Waals surface area contributed by atoms with Gasteiger partial charge < -0.3 is 0 Å². The number of carbonyl (C=O) groups is 1. The highest BCUT2D eigenvalue weighted by molar-refractivity contribution is 6.06. The molecule has 0 aliphatic rings.